The molecule has 1 heterocycles. The van der Waals surface area contributed by atoms with Crippen LogP contribution >= 0.6 is 11.8 Å². The van der Waals surface area contributed by atoms with E-state index in [4.69, 9.17) is 0 Å². The van der Waals surface area contributed by atoms with Gasteiger partial charge in [0.15, 0.2) is 0 Å². The highest BCUT2D eigenvalue weighted by Gasteiger charge is 2.14. The molecular formula is C17H28N2OS. The highest BCUT2D eigenvalue weighted by molar-refractivity contribution is 7.99. The summed E-state index contributed by atoms with van der Waals surface area (Å²) in [5.74, 6) is 0.776. The summed E-state index contributed by atoms with van der Waals surface area (Å²) in [6, 6.07) is 8.82. The van der Waals surface area contributed by atoms with Gasteiger partial charge in [0.2, 0.25) is 0 Å². The van der Waals surface area contributed by atoms with Crippen molar-refractivity contribution in [1.82, 2.24) is 10.2 Å². The first-order chi connectivity index (χ1) is 10.3. The van der Waals surface area contributed by atoms with Gasteiger partial charge in [-0.3, -0.25) is 4.90 Å². The van der Waals surface area contributed by atoms with Gasteiger partial charge in [-0.25, -0.2) is 0 Å². The first-order valence-electron chi connectivity index (χ1n) is 8.11. The van der Waals surface area contributed by atoms with Gasteiger partial charge in [0.1, 0.15) is 0 Å². The molecule has 0 spiro atoms. The standard InChI is InChI=1S/C17H28N2OS/c1-2-3-4-15-5-7-17(8-6-15)21-14-16(20)13-19-11-9-18-10-12-19/h5-8,16,18,20H,2-4,9-14H2,1H3. The van der Waals surface area contributed by atoms with E-state index in [-0.39, 0.29) is 6.10 Å². The molecule has 4 heteroatoms. The first-order valence-corrected chi connectivity index (χ1v) is 9.09. The lowest BCUT2D eigenvalue weighted by atomic mass is 10.1. The number of nitrogens with one attached hydrogen (secondary N) is 1. The van der Waals surface area contributed by atoms with Crippen molar-refractivity contribution in [2.24, 2.45) is 0 Å². The molecule has 1 aliphatic rings. The molecule has 0 saturated carbocycles. The predicted molar refractivity (Wildman–Crippen MR) is 91.1 cm³/mol. The van der Waals surface area contributed by atoms with Crippen molar-refractivity contribution in [2.45, 2.75) is 37.2 Å². The highest BCUT2D eigenvalue weighted by Crippen LogP contribution is 2.20. The topological polar surface area (TPSA) is 35.5 Å². The van der Waals surface area contributed by atoms with Crippen LogP contribution in [0.4, 0.5) is 0 Å². The molecule has 118 valence electrons. The van der Waals surface area contributed by atoms with E-state index in [1.807, 2.05) is 0 Å². The van der Waals surface area contributed by atoms with Crippen molar-refractivity contribution < 1.29 is 5.11 Å². The van der Waals surface area contributed by atoms with Crippen LogP contribution in [-0.2, 0) is 6.42 Å². The van der Waals surface area contributed by atoms with Crippen LogP contribution in [0.2, 0.25) is 0 Å². The molecule has 21 heavy (non-hydrogen) atoms. The van der Waals surface area contributed by atoms with E-state index in [1.165, 1.54) is 29.7 Å². The molecule has 1 aliphatic heterocycles. The molecule has 0 amide bonds. The Hall–Kier alpha value is -0.550. The summed E-state index contributed by atoms with van der Waals surface area (Å²) in [7, 11) is 0. The maximum Gasteiger partial charge on any atom is 0.0760 e. The van der Waals surface area contributed by atoms with Gasteiger partial charge in [0.25, 0.3) is 0 Å². The van der Waals surface area contributed by atoms with Gasteiger partial charge in [-0.15, -0.1) is 11.8 Å². The maximum absolute atomic E-state index is 10.2. The number of unbranched alkanes of at least 4 members (excludes halogenated alkanes) is 1. The second-order valence-corrected chi connectivity index (χ2v) is 6.86. The molecule has 1 saturated heterocycles. The fourth-order valence-corrected chi connectivity index (χ4v) is 3.39. The van der Waals surface area contributed by atoms with E-state index in [0.29, 0.717) is 0 Å². The van der Waals surface area contributed by atoms with Gasteiger partial charge in [-0.2, -0.15) is 0 Å². The Morgan fingerprint density at radius 3 is 2.62 bits per heavy atom. The number of hydrogen-bond donors (Lipinski definition) is 2. The molecule has 2 N–H and O–H groups in total. The van der Waals surface area contributed by atoms with E-state index in [0.717, 1.165) is 38.5 Å². The highest BCUT2D eigenvalue weighted by atomic mass is 32.2. The molecular weight excluding hydrogens is 280 g/mol. The number of nitrogens with zero attached hydrogens (tertiary/aromatic N) is 1. The molecule has 1 aromatic carbocycles. The van der Waals surface area contributed by atoms with E-state index in [1.54, 1.807) is 11.8 Å². The lowest BCUT2D eigenvalue weighted by molar-refractivity contribution is 0.121. The fourth-order valence-electron chi connectivity index (χ4n) is 2.57. The molecule has 3 nitrogen and oxygen atoms in total. The van der Waals surface area contributed by atoms with Crippen LogP contribution in [0.1, 0.15) is 25.3 Å². The quantitative estimate of drug-likeness (QED) is 0.723. The minimum atomic E-state index is -0.243. The van der Waals surface area contributed by atoms with Crippen LogP contribution in [0, 0.1) is 0 Å². The Labute approximate surface area is 133 Å². The van der Waals surface area contributed by atoms with Crippen molar-refractivity contribution in [3.05, 3.63) is 29.8 Å². The Morgan fingerprint density at radius 2 is 1.95 bits per heavy atom. The van der Waals surface area contributed by atoms with Crippen LogP contribution in [0.25, 0.3) is 0 Å². The fraction of sp³-hybridized carbons (Fsp3) is 0.647. The van der Waals surface area contributed by atoms with Gasteiger partial charge in [-0.1, -0.05) is 25.5 Å². The monoisotopic (exact) mass is 308 g/mol. The lowest BCUT2D eigenvalue weighted by Crippen LogP contribution is -2.46. The molecule has 1 fully saturated rings. The molecule has 0 radical (unpaired) electrons. The third-order valence-corrected chi connectivity index (χ3v) is 5.02. The summed E-state index contributed by atoms with van der Waals surface area (Å²) in [6.07, 6.45) is 3.44. The molecule has 1 unspecified atom stereocenters. The Morgan fingerprint density at radius 1 is 1.24 bits per heavy atom. The molecule has 1 atom stereocenters. The molecule has 1 aromatic rings. The number of rotatable bonds is 8. The second-order valence-electron chi connectivity index (χ2n) is 5.76. The van der Waals surface area contributed by atoms with Gasteiger partial charge < -0.3 is 10.4 Å². The molecule has 0 aliphatic carbocycles. The van der Waals surface area contributed by atoms with Crippen molar-refractivity contribution in [2.75, 3.05) is 38.5 Å². The van der Waals surface area contributed by atoms with Crippen molar-refractivity contribution in [3.63, 3.8) is 0 Å². The smallest absolute Gasteiger partial charge is 0.0760 e. The Kier molecular flexibility index (Phi) is 7.58. The number of hydrogen-bond acceptors (Lipinski definition) is 4. The Balaban J connectivity index is 1.69. The van der Waals surface area contributed by atoms with Gasteiger partial charge in [0.05, 0.1) is 6.10 Å². The number of benzene rings is 1. The summed E-state index contributed by atoms with van der Waals surface area (Å²) < 4.78 is 0. The van der Waals surface area contributed by atoms with Crippen molar-refractivity contribution in [3.8, 4) is 0 Å². The van der Waals surface area contributed by atoms with Gasteiger partial charge in [0, 0.05) is 43.4 Å². The first kappa shape index (κ1) is 16.8. The predicted octanol–water partition coefficient (Wildman–Crippen LogP) is 2.39. The largest absolute Gasteiger partial charge is 0.391 e. The van der Waals surface area contributed by atoms with Crippen molar-refractivity contribution in [1.29, 1.82) is 0 Å². The van der Waals surface area contributed by atoms with Crippen LogP contribution in [-0.4, -0.2) is 54.6 Å². The average molecular weight is 308 g/mol. The minimum absolute atomic E-state index is 0.243. The number of aliphatic hydroxyl groups is 1. The summed E-state index contributed by atoms with van der Waals surface area (Å²) in [5, 5.41) is 13.5. The summed E-state index contributed by atoms with van der Waals surface area (Å²) in [6.45, 7) is 7.20. The average Bonchev–Trinajstić information content (AvgIpc) is 2.53. The number of β-amino-alcohol motifs (C(OH)–C–C–N with tert-alkyl or cyclic N) is 1. The molecule has 0 aromatic heterocycles. The van der Waals surface area contributed by atoms with Crippen molar-refractivity contribution >= 4 is 11.8 Å². The van der Waals surface area contributed by atoms with E-state index in [2.05, 4.69) is 41.4 Å². The van der Waals surface area contributed by atoms with Gasteiger partial charge in [-0.05, 0) is 30.5 Å². The van der Waals surface area contributed by atoms with E-state index in [9.17, 15) is 5.11 Å². The zero-order valence-corrected chi connectivity index (χ0v) is 13.9. The van der Waals surface area contributed by atoms with Gasteiger partial charge >= 0.3 is 0 Å². The number of thioether (sulfide) groups is 1. The normalized spacial score (nSPS) is 17.8. The van der Waals surface area contributed by atoms with Crippen LogP contribution in [0.15, 0.2) is 29.2 Å². The number of aliphatic hydroxyl groups excluding tert-OH is 1. The maximum atomic E-state index is 10.2. The van der Waals surface area contributed by atoms with Crippen LogP contribution in [0.3, 0.4) is 0 Å². The lowest BCUT2D eigenvalue weighted by Gasteiger charge is -2.28. The third kappa shape index (κ3) is 6.39. The summed E-state index contributed by atoms with van der Waals surface area (Å²) in [5.41, 5.74) is 1.42. The third-order valence-electron chi connectivity index (χ3n) is 3.86. The second kappa shape index (κ2) is 9.46. The van der Waals surface area contributed by atoms with Crippen LogP contribution < -0.4 is 5.32 Å². The van der Waals surface area contributed by atoms with E-state index < -0.39 is 0 Å². The minimum Gasteiger partial charge on any atom is -0.391 e. The summed E-state index contributed by atoms with van der Waals surface area (Å²) >= 11 is 1.76. The zero-order chi connectivity index (χ0) is 14.9. The Bertz CT molecular complexity index is 390. The van der Waals surface area contributed by atoms with E-state index >= 15 is 0 Å². The number of aryl methyl sites for hydroxylation is 1. The molecule has 0 bridgehead atoms. The zero-order valence-electron chi connectivity index (χ0n) is 13.1. The SMILES string of the molecule is CCCCc1ccc(SCC(O)CN2CCNCC2)cc1. The van der Waals surface area contributed by atoms with Crippen LogP contribution in [0.5, 0.6) is 0 Å². The molecule has 2 rings (SSSR count). The number of piperazine rings is 1. The summed E-state index contributed by atoms with van der Waals surface area (Å²) in [4.78, 5) is 3.60.